The lowest BCUT2D eigenvalue weighted by molar-refractivity contribution is 0.169. The number of aromatic amines is 1. The van der Waals surface area contributed by atoms with Gasteiger partial charge in [-0.3, -0.25) is 9.89 Å². The summed E-state index contributed by atoms with van der Waals surface area (Å²) >= 11 is 0. The van der Waals surface area contributed by atoms with Crippen molar-refractivity contribution >= 4 is 6.09 Å². The molecule has 1 heterocycles. The highest BCUT2D eigenvalue weighted by molar-refractivity contribution is 5.72. The number of carbonyl (C=O) groups excluding carboxylic acids is 1. The predicted octanol–water partition coefficient (Wildman–Crippen LogP) is 1.46. The fourth-order valence-corrected chi connectivity index (χ4v) is 1.41. The lowest BCUT2D eigenvalue weighted by Gasteiger charge is -1.96. The van der Waals surface area contributed by atoms with Gasteiger partial charge in [0.25, 0.3) is 5.56 Å². The number of aromatic nitrogens is 2. The molecule has 0 saturated carbocycles. The Morgan fingerprint density at radius 2 is 2.00 bits per heavy atom. The molecular formula is C11H10N2O3. The van der Waals surface area contributed by atoms with Crippen LogP contribution < -0.4 is 5.56 Å². The van der Waals surface area contributed by atoms with E-state index in [1.165, 1.54) is 13.3 Å². The third-order valence-corrected chi connectivity index (χ3v) is 2.18. The first-order valence-electron chi connectivity index (χ1n) is 4.68. The largest absolute Gasteiger partial charge is 0.451 e. The summed E-state index contributed by atoms with van der Waals surface area (Å²) in [6.07, 6.45) is 0.794. The summed E-state index contributed by atoms with van der Waals surface area (Å²) in [6, 6.07) is 9.10. The molecule has 0 unspecified atom stereocenters. The van der Waals surface area contributed by atoms with E-state index in [0.717, 1.165) is 10.2 Å². The van der Waals surface area contributed by atoms with Crippen molar-refractivity contribution in [3.05, 3.63) is 46.9 Å². The maximum atomic E-state index is 11.6. The van der Waals surface area contributed by atoms with Crippen LogP contribution in [0.4, 0.5) is 4.79 Å². The van der Waals surface area contributed by atoms with Crippen molar-refractivity contribution in [2.75, 3.05) is 7.11 Å². The van der Waals surface area contributed by atoms with Crippen molar-refractivity contribution in [1.29, 1.82) is 0 Å². The number of ether oxygens (including phenoxy) is 1. The van der Waals surface area contributed by atoms with Crippen LogP contribution in [0, 0.1) is 0 Å². The molecule has 2 aromatic rings. The van der Waals surface area contributed by atoms with Gasteiger partial charge in [0.2, 0.25) is 0 Å². The Morgan fingerprint density at radius 3 is 2.62 bits per heavy atom. The van der Waals surface area contributed by atoms with Crippen LogP contribution in [0.3, 0.4) is 0 Å². The maximum absolute atomic E-state index is 11.6. The zero-order chi connectivity index (χ0) is 11.5. The van der Waals surface area contributed by atoms with Gasteiger partial charge in [-0.15, -0.1) is 0 Å². The van der Waals surface area contributed by atoms with Gasteiger partial charge in [0, 0.05) is 6.20 Å². The third kappa shape index (κ3) is 1.75. The molecule has 82 valence electrons. The molecule has 0 aliphatic heterocycles. The van der Waals surface area contributed by atoms with Crippen molar-refractivity contribution in [2.24, 2.45) is 0 Å². The van der Waals surface area contributed by atoms with Crippen LogP contribution in [0.2, 0.25) is 0 Å². The van der Waals surface area contributed by atoms with E-state index in [0.29, 0.717) is 5.56 Å². The molecule has 16 heavy (non-hydrogen) atoms. The molecule has 0 fully saturated rings. The topological polar surface area (TPSA) is 64.1 Å². The highest BCUT2D eigenvalue weighted by Crippen LogP contribution is 2.13. The van der Waals surface area contributed by atoms with Gasteiger partial charge >= 0.3 is 6.09 Å². The molecule has 0 amide bonds. The molecular weight excluding hydrogens is 208 g/mol. The van der Waals surface area contributed by atoms with Crippen molar-refractivity contribution < 1.29 is 9.53 Å². The highest BCUT2D eigenvalue weighted by atomic mass is 16.5. The second kappa shape index (κ2) is 4.06. The van der Waals surface area contributed by atoms with Gasteiger partial charge in [0.1, 0.15) is 0 Å². The molecule has 1 aromatic heterocycles. The minimum Gasteiger partial charge on any atom is -0.451 e. The summed E-state index contributed by atoms with van der Waals surface area (Å²) < 4.78 is 5.51. The average molecular weight is 218 g/mol. The van der Waals surface area contributed by atoms with Crippen molar-refractivity contribution in [3.8, 4) is 11.1 Å². The third-order valence-electron chi connectivity index (χ3n) is 2.18. The fraction of sp³-hybridized carbons (Fsp3) is 0.0909. The molecule has 1 aromatic carbocycles. The van der Waals surface area contributed by atoms with Crippen LogP contribution >= 0.6 is 0 Å². The van der Waals surface area contributed by atoms with E-state index < -0.39 is 6.09 Å². The Bertz CT molecular complexity index is 554. The molecule has 0 bridgehead atoms. The molecule has 5 heteroatoms. The molecule has 0 saturated heterocycles. The van der Waals surface area contributed by atoms with Crippen molar-refractivity contribution in [2.45, 2.75) is 0 Å². The standard InChI is InChI=1S/C11H10N2O3/c1-16-11(15)13-7-9(10(14)12-13)8-5-3-2-4-6-8/h2-7H,1H3,(H,12,14). The quantitative estimate of drug-likeness (QED) is 0.788. The monoisotopic (exact) mass is 218 g/mol. The van der Waals surface area contributed by atoms with Gasteiger partial charge in [-0.2, -0.15) is 4.68 Å². The number of carbonyl (C=O) groups is 1. The SMILES string of the molecule is COC(=O)n1cc(-c2ccccc2)c(=O)[nH]1. The molecule has 2 rings (SSSR count). The normalized spacial score (nSPS) is 10.1. The van der Waals surface area contributed by atoms with E-state index in [1.807, 2.05) is 18.2 Å². The summed E-state index contributed by atoms with van der Waals surface area (Å²) in [5.41, 5.74) is 0.869. The maximum Gasteiger partial charge on any atom is 0.432 e. The van der Waals surface area contributed by atoms with Gasteiger partial charge in [0.05, 0.1) is 12.7 Å². The number of hydrogen-bond donors (Lipinski definition) is 1. The van der Waals surface area contributed by atoms with E-state index in [1.54, 1.807) is 12.1 Å². The summed E-state index contributed by atoms with van der Waals surface area (Å²) in [5, 5.41) is 2.38. The number of H-pyrrole nitrogens is 1. The lowest BCUT2D eigenvalue weighted by Crippen LogP contribution is -2.14. The molecule has 1 N–H and O–H groups in total. The lowest BCUT2D eigenvalue weighted by atomic mass is 10.1. The van der Waals surface area contributed by atoms with Crippen LogP contribution in [-0.4, -0.2) is 23.0 Å². The highest BCUT2D eigenvalue weighted by Gasteiger charge is 2.10. The van der Waals surface area contributed by atoms with Crippen LogP contribution in [0.1, 0.15) is 0 Å². The number of nitrogens with zero attached hydrogens (tertiary/aromatic N) is 1. The molecule has 0 radical (unpaired) electrons. The summed E-state index contributed by atoms with van der Waals surface area (Å²) in [4.78, 5) is 22.8. The van der Waals surface area contributed by atoms with Gasteiger partial charge in [0.15, 0.2) is 0 Å². The first-order valence-corrected chi connectivity index (χ1v) is 4.68. The first kappa shape index (κ1) is 10.2. The second-order valence-corrected chi connectivity index (χ2v) is 3.19. The molecule has 0 aliphatic carbocycles. The Labute approximate surface area is 91.3 Å². The summed E-state index contributed by atoms with van der Waals surface area (Å²) in [5.74, 6) is 0. The van der Waals surface area contributed by atoms with E-state index >= 15 is 0 Å². The zero-order valence-electron chi connectivity index (χ0n) is 8.64. The summed E-state index contributed by atoms with van der Waals surface area (Å²) in [6.45, 7) is 0. The number of methoxy groups -OCH3 is 1. The smallest absolute Gasteiger partial charge is 0.432 e. The molecule has 0 aliphatic rings. The van der Waals surface area contributed by atoms with Crippen LogP contribution in [0.5, 0.6) is 0 Å². The van der Waals surface area contributed by atoms with Gasteiger partial charge in [-0.05, 0) is 5.56 Å². The van der Waals surface area contributed by atoms with Crippen molar-refractivity contribution in [3.63, 3.8) is 0 Å². The molecule has 0 atom stereocenters. The number of nitrogens with one attached hydrogen (secondary N) is 1. The minimum absolute atomic E-state index is 0.323. The molecule has 0 spiro atoms. The Morgan fingerprint density at radius 1 is 1.31 bits per heavy atom. The van der Waals surface area contributed by atoms with Crippen molar-refractivity contribution in [1.82, 2.24) is 9.78 Å². The Balaban J connectivity index is 2.48. The zero-order valence-corrected chi connectivity index (χ0v) is 8.64. The summed E-state index contributed by atoms with van der Waals surface area (Å²) in [7, 11) is 1.25. The molecule has 5 nitrogen and oxygen atoms in total. The van der Waals surface area contributed by atoms with E-state index in [9.17, 15) is 9.59 Å². The van der Waals surface area contributed by atoms with Crippen LogP contribution in [-0.2, 0) is 4.74 Å². The van der Waals surface area contributed by atoms with Gasteiger partial charge in [-0.25, -0.2) is 4.79 Å². The van der Waals surface area contributed by atoms with Gasteiger partial charge < -0.3 is 4.74 Å². The van der Waals surface area contributed by atoms with E-state index in [-0.39, 0.29) is 5.56 Å². The number of hydrogen-bond acceptors (Lipinski definition) is 3. The fourth-order valence-electron chi connectivity index (χ4n) is 1.41. The Hall–Kier alpha value is -2.30. The van der Waals surface area contributed by atoms with E-state index in [4.69, 9.17) is 0 Å². The average Bonchev–Trinajstić information content (AvgIpc) is 2.71. The first-order chi connectivity index (χ1) is 7.72. The van der Waals surface area contributed by atoms with E-state index in [2.05, 4.69) is 9.84 Å². The minimum atomic E-state index is -0.626. The Kier molecular flexibility index (Phi) is 2.59. The van der Waals surface area contributed by atoms with Crippen LogP contribution in [0.15, 0.2) is 41.3 Å². The predicted molar refractivity (Wildman–Crippen MR) is 58.3 cm³/mol. The number of benzene rings is 1. The van der Waals surface area contributed by atoms with Gasteiger partial charge in [-0.1, -0.05) is 30.3 Å². The second-order valence-electron chi connectivity index (χ2n) is 3.19. The number of rotatable bonds is 1. The van der Waals surface area contributed by atoms with Crippen LogP contribution in [0.25, 0.3) is 11.1 Å².